The van der Waals surface area contributed by atoms with E-state index in [4.69, 9.17) is 29.3 Å². The van der Waals surface area contributed by atoms with Crippen LogP contribution in [0.3, 0.4) is 0 Å². The predicted octanol–water partition coefficient (Wildman–Crippen LogP) is 2.19. The molecule has 16 heteroatoms. The van der Waals surface area contributed by atoms with Gasteiger partial charge in [-0.1, -0.05) is 0 Å². The van der Waals surface area contributed by atoms with Crippen molar-refractivity contribution in [1.82, 2.24) is 14.8 Å². The first-order chi connectivity index (χ1) is 17.7. The number of carbonyl (C=O) groups is 3. The molecule has 3 atom stereocenters. The third-order valence-electron chi connectivity index (χ3n) is 5.80. The van der Waals surface area contributed by atoms with Crippen molar-refractivity contribution in [3.8, 4) is 0 Å². The molecule has 1 amide bonds. The van der Waals surface area contributed by atoms with Gasteiger partial charge in [-0.3, -0.25) is 14.7 Å². The lowest BCUT2D eigenvalue weighted by molar-refractivity contribution is -0.193. The normalized spacial score (nSPS) is 23.4. The zero-order valence-electron chi connectivity index (χ0n) is 20.0. The Bertz CT molecular complexity index is 888. The van der Waals surface area contributed by atoms with Crippen LogP contribution in [0.4, 0.5) is 26.3 Å². The van der Waals surface area contributed by atoms with E-state index < -0.39 is 24.3 Å². The minimum absolute atomic E-state index is 0.0958. The van der Waals surface area contributed by atoms with Crippen LogP contribution in [0, 0.1) is 5.92 Å². The van der Waals surface area contributed by atoms with Gasteiger partial charge in [-0.15, -0.1) is 0 Å². The molecule has 0 aromatic carbocycles. The molecule has 0 spiro atoms. The number of aliphatic carboxylic acids is 2. The SMILES string of the molecule is O=C(C[C@@H]1C[C@H]2CN(Cc3ccncc3)C[C@H]2O1)N1CCOCC1.O=C(O)C(F)(F)F.O=C(O)C(F)(F)F. The molecule has 0 radical (unpaired) electrons. The van der Waals surface area contributed by atoms with Gasteiger partial charge >= 0.3 is 24.3 Å². The van der Waals surface area contributed by atoms with Crippen molar-refractivity contribution in [1.29, 1.82) is 0 Å². The Hall–Kier alpha value is -2.98. The number of amides is 1. The predicted molar refractivity (Wildman–Crippen MR) is 116 cm³/mol. The number of morpholine rings is 1. The van der Waals surface area contributed by atoms with Crippen LogP contribution in [-0.2, 0) is 30.4 Å². The van der Waals surface area contributed by atoms with E-state index in [-0.39, 0.29) is 18.1 Å². The van der Waals surface area contributed by atoms with Gasteiger partial charge in [0.25, 0.3) is 0 Å². The summed E-state index contributed by atoms with van der Waals surface area (Å²) in [5.74, 6) is -4.73. The highest BCUT2D eigenvalue weighted by molar-refractivity contribution is 5.76. The smallest absolute Gasteiger partial charge is 0.475 e. The summed E-state index contributed by atoms with van der Waals surface area (Å²) >= 11 is 0. The van der Waals surface area contributed by atoms with Crippen LogP contribution in [-0.4, -0.2) is 107 Å². The van der Waals surface area contributed by atoms with Gasteiger partial charge in [0.1, 0.15) is 0 Å². The van der Waals surface area contributed by atoms with E-state index in [0.29, 0.717) is 25.6 Å². The van der Waals surface area contributed by atoms with E-state index in [1.807, 2.05) is 17.3 Å². The third kappa shape index (κ3) is 10.4. The Morgan fingerprint density at radius 1 is 0.947 bits per heavy atom. The summed E-state index contributed by atoms with van der Waals surface area (Å²) in [6, 6.07) is 4.14. The highest BCUT2D eigenvalue weighted by atomic mass is 19.4. The van der Waals surface area contributed by atoms with Crippen LogP contribution in [0.25, 0.3) is 0 Å². The molecular formula is C22H27F6N3O7. The summed E-state index contributed by atoms with van der Waals surface area (Å²) in [7, 11) is 0. The van der Waals surface area contributed by atoms with E-state index in [0.717, 1.165) is 39.1 Å². The topological polar surface area (TPSA) is 130 Å². The standard InChI is InChI=1S/C18H25N3O3.2C2HF3O2/c22-18(21-5-7-23-8-6-21)10-16-9-15-12-20(13-17(15)24-16)11-14-1-3-19-4-2-14;2*3-2(4,5)1(6)7/h1-4,15-17H,5-13H2;2*(H,6,7)/t15-,16-,17+;;/m0../s1. The van der Waals surface area contributed by atoms with Gasteiger partial charge in [0.2, 0.25) is 5.91 Å². The molecule has 3 aliphatic heterocycles. The number of hydrogen-bond acceptors (Lipinski definition) is 7. The largest absolute Gasteiger partial charge is 0.490 e. The number of carboxylic acids is 2. The second kappa shape index (κ2) is 13.7. The molecule has 3 fully saturated rings. The van der Waals surface area contributed by atoms with E-state index in [2.05, 4.69) is 22.0 Å². The molecule has 4 rings (SSSR count). The number of pyridine rings is 1. The van der Waals surface area contributed by atoms with Gasteiger partial charge in [0.15, 0.2) is 0 Å². The Kier molecular flexibility index (Phi) is 11.3. The average Bonchev–Trinajstić information content (AvgIpc) is 3.37. The molecule has 1 aromatic heterocycles. The number of carbonyl (C=O) groups excluding carboxylic acids is 1. The van der Waals surface area contributed by atoms with Crippen molar-refractivity contribution < 1.29 is 60.4 Å². The van der Waals surface area contributed by atoms with E-state index in [1.54, 1.807) is 0 Å². The first kappa shape index (κ1) is 31.2. The second-order valence-corrected chi connectivity index (χ2v) is 8.64. The van der Waals surface area contributed by atoms with Crippen LogP contribution >= 0.6 is 0 Å². The molecule has 10 nitrogen and oxygen atoms in total. The van der Waals surface area contributed by atoms with Gasteiger partial charge < -0.3 is 24.6 Å². The maximum atomic E-state index is 12.4. The number of alkyl halides is 6. The zero-order chi connectivity index (χ0) is 28.5. The maximum absolute atomic E-state index is 12.4. The van der Waals surface area contributed by atoms with Crippen molar-refractivity contribution in [2.75, 3.05) is 39.4 Å². The van der Waals surface area contributed by atoms with Crippen molar-refractivity contribution in [3.05, 3.63) is 30.1 Å². The summed E-state index contributed by atoms with van der Waals surface area (Å²) in [5, 5.41) is 14.2. The summed E-state index contributed by atoms with van der Waals surface area (Å²) in [4.78, 5) is 38.6. The van der Waals surface area contributed by atoms with E-state index >= 15 is 0 Å². The summed E-state index contributed by atoms with van der Waals surface area (Å²) in [5.41, 5.74) is 1.30. The molecule has 38 heavy (non-hydrogen) atoms. The number of ether oxygens (including phenoxy) is 2. The first-order valence-electron chi connectivity index (χ1n) is 11.4. The summed E-state index contributed by atoms with van der Waals surface area (Å²) < 4.78 is 75.0. The fourth-order valence-electron chi connectivity index (χ4n) is 4.09. The molecule has 3 aliphatic rings. The molecule has 4 heterocycles. The summed E-state index contributed by atoms with van der Waals surface area (Å²) in [6.07, 6.45) is -4.57. The molecule has 0 saturated carbocycles. The minimum atomic E-state index is -5.08. The average molecular weight is 559 g/mol. The Morgan fingerprint density at radius 2 is 1.47 bits per heavy atom. The van der Waals surface area contributed by atoms with E-state index in [1.165, 1.54) is 5.56 Å². The monoisotopic (exact) mass is 559 g/mol. The van der Waals surface area contributed by atoms with Gasteiger partial charge in [-0.25, -0.2) is 9.59 Å². The van der Waals surface area contributed by atoms with Crippen molar-refractivity contribution in [2.45, 2.75) is 43.9 Å². The molecule has 0 bridgehead atoms. The number of likely N-dealkylation sites (tertiary alicyclic amines) is 1. The molecule has 0 unspecified atom stereocenters. The molecule has 3 saturated heterocycles. The fourth-order valence-corrected chi connectivity index (χ4v) is 4.09. The third-order valence-corrected chi connectivity index (χ3v) is 5.80. The molecular weight excluding hydrogens is 532 g/mol. The Balaban J connectivity index is 0.000000301. The lowest BCUT2D eigenvalue weighted by atomic mass is 10.0. The van der Waals surface area contributed by atoms with Gasteiger partial charge in [-0.05, 0) is 24.1 Å². The molecule has 1 aromatic rings. The number of carboxylic acid groups (broad SMARTS) is 2. The molecule has 0 aliphatic carbocycles. The Labute approximate surface area is 213 Å². The number of rotatable bonds is 4. The fraction of sp³-hybridized carbons (Fsp3) is 0.636. The first-order valence-corrected chi connectivity index (χ1v) is 11.4. The number of fused-ring (bicyclic) bond motifs is 1. The van der Waals surface area contributed by atoms with Crippen molar-refractivity contribution in [2.24, 2.45) is 5.92 Å². The maximum Gasteiger partial charge on any atom is 0.490 e. The van der Waals surface area contributed by atoms with Crippen molar-refractivity contribution in [3.63, 3.8) is 0 Å². The quantitative estimate of drug-likeness (QED) is 0.534. The lowest BCUT2D eigenvalue weighted by Gasteiger charge is -2.28. The number of hydrogen-bond donors (Lipinski definition) is 2. The van der Waals surface area contributed by atoms with Crippen LogP contribution in [0.5, 0.6) is 0 Å². The number of aromatic nitrogens is 1. The highest BCUT2D eigenvalue weighted by Gasteiger charge is 2.43. The number of nitrogens with zero attached hydrogens (tertiary/aromatic N) is 3. The van der Waals surface area contributed by atoms with Crippen LogP contribution in [0.2, 0.25) is 0 Å². The van der Waals surface area contributed by atoms with Gasteiger partial charge in [0.05, 0.1) is 31.8 Å². The van der Waals surface area contributed by atoms with Gasteiger partial charge in [0, 0.05) is 51.0 Å². The van der Waals surface area contributed by atoms with Crippen LogP contribution in [0.1, 0.15) is 18.4 Å². The molecule has 2 N–H and O–H groups in total. The lowest BCUT2D eigenvalue weighted by Crippen LogP contribution is -2.42. The van der Waals surface area contributed by atoms with Crippen LogP contribution in [0.15, 0.2) is 24.5 Å². The van der Waals surface area contributed by atoms with E-state index in [9.17, 15) is 31.1 Å². The second-order valence-electron chi connectivity index (χ2n) is 8.64. The minimum Gasteiger partial charge on any atom is -0.475 e. The Morgan fingerprint density at radius 3 is 1.95 bits per heavy atom. The van der Waals surface area contributed by atoms with Crippen molar-refractivity contribution >= 4 is 17.8 Å². The van der Waals surface area contributed by atoms with Gasteiger partial charge in [-0.2, -0.15) is 26.3 Å². The highest BCUT2D eigenvalue weighted by Crippen LogP contribution is 2.35. The summed E-state index contributed by atoms with van der Waals surface area (Å²) in [6.45, 7) is 5.75. The number of halogens is 6. The molecule has 214 valence electrons. The van der Waals surface area contributed by atoms with Crippen LogP contribution < -0.4 is 0 Å². The zero-order valence-corrected chi connectivity index (χ0v) is 20.0.